The number of aryl methyl sites for hydroxylation is 1. The summed E-state index contributed by atoms with van der Waals surface area (Å²) < 4.78 is 21.8. The van der Waals surface area contributed by atoms with Crippen molar-refractivity contribution in [3.8, 4) is 0 Å². The molecule has 2 aliphatic heterocycles. The van der Waals surface area contributed by atoms with Crippen LogP contribution >= 0.6 is 10.6 Å². The fourth-order valence-corrected chi connectivity index (χ4v) is 6.53. The second-order valence-corrected chi connectivity index (χ2v) is 11.5. The number of amides is 1. The monoisotopic (exact) mass is 462 g/mol. The zero-order valence-electron chi connectivity index (χ0n) is 18.4. The van der Waals surface area contributed by atoms with E-state index in [0.29, 0.717) is 50.2 Å². The van der Waals surface area contributed by atoms with E-state index < -0.39 is 16.2 Å². The maximum absolute atomic E-state index is 11.9. The van der Waals surface area contributed by atoms with Gasteiger partial charge in [-0.1, -0.05) is 5.16 Å². The molecule has 1 amide bonds. The number of pyridine rings is 1. The highest BCUT2D eigenvalue weighted by Crippen LogP contribution is 2.48. The van der Waals surface area contributed by atoms with E-state index in [-0.39, 0.29) is 17.9 Å². The third-order valence-corrected chi connectivity index (χ3v) is 8.68. The van der Waals surface area contributed by atoms with Crippen LogP contribution in [0.15, 0.2) is 17.5 Å². The Morgan fingerprint density at radius 3 is 2.75 bits per heavy atom. The van der Waals surface area contributed by atoms with E-state index in [1.54, 1.807) is 7.05 Å². The van der Waals surface area contributed by atoms with Crippen LogP contribution in [0.1, 0.15) is 44.6 Å². The van der Waals surface area contributed by atoms with Crippen molar-refractivity contribution in [1.29, 1.82) is 0 Å². The Bertz CT molecular complexity index is 1070. The molecule has 0 atom stereocenters. The molecule has 2 aromatic heterocycles. The Balaban J connectivity index is 1.42. The Kier molecular flexibility index (Phi) is 5.30. The second kappa shape index (κ2) is 7.89. The van der Waals surface area contributed by atoms with Crippen LogP contribution in [-0.4, -0.2) is 65.7 Å². The summed E-state index contributed by atoms with van der Waals surface area (Å²) in [6.45, 7) is 2.74. The van der Waals surface area contributed by atoms with Crippen molar-refractivity contribution in [3.05, 3.63) is 18.0 Å². The second-order valence-electron chi connectivity index (χ2n) is 9.08. The maximum Gasteiger partial charge on any atom is 0.223 e. The maximum atomic E-state index is 11.9. The number of rotatable bonds is 5. The van der Waals surface area contributed by atoms with Gasteiger partial charge in [0, 0.05) is 68.1 Å². The summed E-state index contributed by atoms with van der Waals surface area (Å²) in [7, 11) is -0.790. The summed E-state index contributed by atoms with van der Waals surface area (Å²) in [5, 5.41) is 16.2. The number of oxime groups is 1. The molecule has 0 bridgehead atoms. The van der Waals surface area contributed by atoms with E-state index in [2.05, 4.69) is 25.9 Å². The van der Waals surface area contributed by atoms with Crippen LogP contribution < -0.4 is 10.6 Å². The first-order chi connectivity index (χ1) is 15.3. The summed E-state index contributed by atoms with van der Waals surface area (Å²) in [5.74, 6) is 0.846. The van der Waals surface area contributed by atoms with Crippen molar-refractivity contribution in [3.63, 3.8) is 0 Å². The molecule has 4 heterocycles. The highest BCUT2D eigenvalue weighted by molar-refractivity contribution is 8.24. The van der Waals surface area contributed by atoms with Crippen LogP contribution in [0.3, 0.4) is 0 Å². The predicted octanol–water partition coefficient (Wildman–Crippen LogP) is 2.80. The fourth-order valence-electron chi connectivity index (χ4n) is 5.00. The van der Waals surface area contributed by atoms with Crippen LogP contribution in [-0.2, 0) is 16.2 Å². The van der Waals surface area contributed by atoms with E-state index in [1.807, 2.05) is 24.0 Å². The minimum atomic E-state index is -2.45. The van der Waals surface area contributed by atoms with Crippen molar-refractivity contribution < 1.29 is 18.7 Å². The summed E-state index contributed by atoms with van der Waals surface area (Å²) in [6.07, 6.45) is 6.98. The van der Waals surface area contributed by atoms with E-state index >= 15 is 0 Å². The molecular weight excluding hydrogens is 432 g/mol. The smallest absolute Gasteiger partial charge is 0.223 e. The van der Waals surface area contributed by atoms with E-state index in [9.17, 15) is 13.9 Å². The third kappa shape index (κ3) is 3.71. The molecule has 2 aromatic rings. The SMILES string of the molecule is CCn1ncc2c(NC3CCS(O)(O)CC3)c(C3=NOC4(C3)CC(C(=O)NC)C4)cnc21. The zero-order valence-corrected chi connectivity index (χ0v) is 19.2. The number of anilines is 1. The predicted molar refractivity (Wildman–Crippen MR) is 124 cm³/mol. The number of aromatic nitrogens is 3. The fraction of sp³-hybridized carbons (Fsp3) is 0.619. The molecule has 5 rings (SSSR count). The minimum absolute atomic E-state index is 0.0301. The Morgan fingerprint density at radius 1 is 1.31 bits per heavy atom. The summed E-state index contributed by atoms with van der Waals surface area (Å²) in [5.41, 5.74) is 3.01. The van der Waals surface area contributed by atoms with Crippen molar-refractivity contribution >= 4 is 38.9 Å². The largest absolute Gasteiger partial charge is 0.388 e. The number of nitrogens with zero attached hydrogens (tertiary/aromatic N) is 4. The topological polar surface area (TPSA) is 134 Å². The molecule has 0 aromatic carbocycles. The Morgan fingerprint density at radius 2 is 2.06 bits per heavy atom. The van der Waals surface area contributed by atoms with Gasteiger partial charge in [0.2, 0.25) is 5.91 Å². The number of hydrogen-bond donors (Lipinski definition) is 4. The third-order valence-electron chi connectivity index (χ3n) is 6.90. The lowest BCUT2D eigenvalue weighted by molar-refractivity contribution is -0.146. The molecular formula is C21H30N6O4S. The van der Waals surface area contributed by atoms with Gasteiger partial charge in [0.15, 0.2) is 5.65 Å². The van der Waals surface area contributed by atoms with E-state index in [1.165, 1.54) is 0 Å². The summed E-state index contributed by atoms with van der Waals surface area (Å²) in [6, 6.07) is 0.127. The first-order valence-electron chi connectivity index (χ1n) is 11.1. The number of carbonyl (C=O) groups is 1. The van der Waals surface area contributed by atoms with Crippen molar-refractivity contribution in [2.45, 2.75) is 57.2 Å². The minimum Gasteiger partial charge on any atom is -0.388 e. The van der Waals surface area contributed by atoms with Gasteiger partial charge in [0.25, 0.3) is 0 Å². The summed E-state index contributed by atoms with van der Waals surface area (Å²) in [4.78, 5) is 22.4. The van der Waals surface area contributed by atoms with Gasteiger partial charge in [-0.15, -0.1) is 0 Å². The van der Waals surface area contributed by atoms with Gasteiger partial charge in [-0.25, -0.2) is 9.67 Å². The first kappa shape index (κ1) is 21.5. The van der Waals surface area contributed by atoms with Crippen LogP contribution in [0.5, 0.6) is 0 Å². The van der Waals surface area contributed by atoms with Gasteiger partial charge in [-0.3, -0.25) is 13.9 Å². The van der Waals surface area contributed by atoms with Crippen LogP contribution in [0.4, 0.5) is 5.69 Å². The molecule has 11 heteroatoms. The standard InChI is InChI=1S/C21H30N6O4S/c1-3-27-19-16(12-24-27)18(25-14-4-6-32(29,30)7-5-14)15(11-23-19)17-10-21(31-26-17)8-13(9-21)20(28)22-2/h11-14,29-30H,3-10H2,1-2H3,(H,22,28)(H,23,25). The highest BCUT2D eigenvalue weighted by atomic mass is 32.3. The number of hydrogen-bond acceptors (Lipinski definition) is 8. The molecule has 0 unspecified atom stereocenters. The van der Waals surface area contributed by atoms with Crippen molar-refractivity contribution in [2.75, 3.05) is 23.9 Å². The first-order valence-corrected chi connectivity index (χ1v) is 13.0. The lowest BCUT2D eigenvalue weighted by atomic mass is 9.68. The molecule has 1 spiro atoms. The molecule has 174 valence electrons. The van der Waals surface area contributed by atoms with Crippen LogP contribution in [0, 0.1) is 5.92 Å². The van der Waals surface area contributed by atoms with Gasteiger partial charge >= 0.3 is 0 Å². The van der Waals surface area contributed by atoms with Gasteiger partial charge in [0.05, 0.1) is 23.0 Å². The average molecular weight is 463 g/mol. The molecule has 2 fully saturated rings. The van der Waals surface area contributed by atoms with Gasteiger partial charge in [0.1, 0.15) is 5.60 Å². The van der Waals surface area contributed by atoms with E-state index in [0.717, 1.165) is 28.0 Å². The molecule has 1 saturated heterocycles. The number of fused-ring (bicyclic) bond motifs is 1. The molecule has 1 saturated carbocycles. The Hall–Kier alpha value is -2.37. The van der Waals surface area contributed by atoms with Crippen molar-refractivity contribution in [1.82, 2.24) is 20.1 Å². The molecule has 3 aliphatic rings. The molecule has 10 nitrogen and oxygen atoms in total. The summed E-state index contributed by atoms with van der Waals surface area (Å²) >= 11 is 0. The van der Waals surface area contributed by atoms with Gasteiger partial charge < -0.3 is 15.5 Å². The van der Waals surface area contributed by atoms with Crippen LogP contribution in [0.25, 0.3) is 11.0 Å². The molecule has 32 heavy (non-hydrogen) atoms. The molecule has 1 aliphatic carbocycles. The van der Waals surface area contributed by atoms with Gasteiger partial charge in [-0.2, -0.15) is 15.7 Å². The lowest BCUT2D eigenvalue weighted by Crippen LogP contribution is -2.49. The van der Waals surface area contributed by atoms with E-state index in [4.69, 9.17) is 4.84 Å². The quantitative estimate of drug-likeness (QED) is 0.537. The Labute approximate surface area is 188 Å². The molecule has 0 radical (unpaired) electrons. The van der Waals surface area contributed by atoms with Gasteiger partial charge in [-0.05, 0) is 19.8 Å². The lowest BCUT2D eigenvalue weighted by Gasteiger charge is -2.41. The normalized spacial score (nSPS) is 23.4. The number of nitrogens with one attached hydrogen (secondary N) is 2. The number of carbonyl (C=O) groups excluding carboxylic acids is 1. The zero-order chi connectivity index (χ0) is 22.5. The van der Waals surface area contributed by atoms with Crippen molar-refractivity contribution in [2.24, 2.45) is 11.1 Å². The highest BCUT2D eigenvalue weighted by Gasteiger charge is 2.53. The molecule has 4 N–H and O–H groups in total. The van der Waals surface area contributed by atoms with Crippen LogP contribution in [0.2, 0.25) is 0 Å². The average Bonchev–Trinajstić information content (AvgIpc) is 3.38.